The first-order valence-electron chi connectivity index (χ1n) is 4.67. The fourth-order valence-corrected chi connectivity index (χ4v) is 1.44. The number of hydrogen-bond acceptors (Lipinski definition) is 5. The number of rotatable bonds is 4. The van der Waals surface area contributed by atoms with Crippen LogP contribution >= 0.6 is 12.4 Å². The lowest BCUT2D eigenvalue weighted by Crippen LogP contribution is -2.11. The van der Waals surface area contributed by atoms with Crippen LogP contribution in [0.3, 0.4) is 0 Å². The fourth-order valence-electron chi connectivity index (χ4n) is 1.44. The van der Waals surface area contributed by atoms with E-state index < -0.39 is 6.04 Å². The van der Waals surface area contributed by atoms with E-state index >= 15 is 0 Å². The molecule has 0 aromatic heterocycles. The second-order valence-corrected chi connectivity index (χ2v) is 3.37. The maximum absolute atomic E-state index is 9.48. The molecule has 1 aromatic rings. The Bertz CT molecular complexity index is 323. The van der Waals surface area contributed by atoms with Gasteiger partial charge in [0.1, 0.15) is 17.2 Å². The molecular formula is C10H16ClNO4. The highest BCUT2D eigenvalue weighted by Crippen LogP contribution is 2.36. The third-order valence-corrected chi connectivity index (χ3v) is 2.17. The zero-order chi connectivity index (χ0) is 11.4. The van der Waals surface area contributed by atoms with Gasteiger partial charge in [0.05, 0.1) is 5.56 Å². The molecular weight excluding hydrogens is 234 g/mol. The monoisotopic (exact) mass is 249 g/mol. The van der Waals surface area contributed by atoms with E-state index in [1.54, 1.807) is 0 Å². The molecule has 1 rings (SSSR count). The van der Waals surface area contributed by atoms with E-state index in [1.807, 2.05) is 0 Å². The predicted octanol–water partition coefficient (Wildman–Crippen LogP) is 0.997. The zero-order valence-electron chi connectivity index (χ0n) is 8.63. The van der Waals surface area contributed by atoms with Gasteiger partial charge in [-0.15, -0.1) is 12.4 Å². The molecule has 0 amide bonds. The minimum Gasteiger partial charge on any atom is -0.508 e. The van der Waals surface area contributed by atoms with Crippen LogP contribution in [0.5, 0.6) is 17.2 Å². The third kappa shape index (κ3) is 3.44. The minimum atomic E-state index is -0.558. The average molecular weight is 250 g/mol. The normalized spacial score (nSPS) is 11.9. The number of aliphatic hydroxyl groups excluding tert-OH is 1. The van der Waals surface area contributed by atoms with Gasteiger partial charge >= 0.3 is 0 Å². The number of phenolic OH excluding ortho intramolecular Hbond substituents is 3. The number of nitrogens with two attached hydrogens (primary N) is 1. The molecule has 0 spiro atoms. The van der Waals surface area contributed by atoms with Gasteiger partial charge in [0, 0.05) is 24.8 Å². The first-order chi connectivity index (χ1) is 7.06. The van der Waals surface area contributed by atoms with Crippen LogP contribution in [0.4, 0.5) is 0 Å². The number of benzene rings is 1. The van der Waals surface area contributed by atoms with Gasteiger partial charge in [-0.05, 0) is 12.8 Å². The van der Waals surface area contributed by atoms with Crippen molar-refractivity contribution in [1.29, 1.82) is 0 Å². The Labute approximate surface area is 99.6 Å². The summed E-state index contributed by atoms with van der Waals surface area (Å²) in [6.45, 7) is 0.00725. The van der Waals surface area contributed by atoms with E-state index in [0.717, 1.165) is 12.1 Å². The second-order valence-electron chi connectivity index (χ2n) is 3.37. The van der Waals surface area contributed by atoms with Gasteiger partial charge in [0.15, 0.2) is 0 Å². The molecule has 5 nitrogen and oxygen atoms in total. The Kier molecular flexibility index (Phi) is 5.95. The Balaban J connectivity index is 0.00000225. The number of halogens is 1. The second kappa shape index (κ2) is 6.42. The van der Waals surface area contributed by atoms with Gasteiger partial charge in [-0.3, -0.25) is 0 Å². The first kappa shape index (κ1) is 14.8. The molecule has 92 valence electrons. The van der Waals surface area contributed by atoms with E-state index in [4.69, 9.17) is 15.9 Å². The fraction of sp³-hybridized carbons (Fsp3) is 0.400. The van der Waals surface area contributed by atoms with Gasteiger partial charge < -0.3 is 26.2 Å². The molecule has 0 unspecified atom stereocenters. The Morgan fingerprint density at radius 1 is 1.12 bits per heavy atom. The van der Waals surface area contributed by atoms with E-state index in [9.17, 15) is 10.2 Å². The van der Waals surface area contributed by atoms with Gasteiger partial charge in [-0.1, -0.05) is 0 Å². The van der Waals surface area contributed by atoms with Crippen LogP contribution in [0.15, 0.2) is 12.1 Å². The lowest BCUT2D eigenvalue weighted by Gasteiger charge is -2.14. The highest BCUT2D eigenvalue weighted by Gasteiger charge is 2.16. The van der Waals surface area contributed by atoms with Crippen molar-refractivity contribution in [2.75, 3.05) is 6.61 Å². The molecule has 16 heavy (non-hydrogen) atoms. The van der Waals surface area contributed by atoms with Crippen molar-refractivity contribution < 1.29 is 20.4 Å². The molecule has 0 aliphatic rings. The maximum atomic E-state index is 9.48. The van der Waals surface area contributed by atoms with Crippen molar-refractivity contribution in [2.45, 2.75) is 18.9 Å². The highest BCUT2D eigenvalue weighted by molar-refractivity contribution is 5.85. The maximum Gasteiger partial charge on any atom is 0.127 e. The van der Waals surface area contributed by atoms with Crippen LogP contribution in [0, 0.1) is 0 Å². The van der Waals surface area contributed by atoms with Crippen LogP contribution in [0.2, 0.25) is 0 Å². The predicted molar refractivity (Wildman–Crippen MR) is 61.9 cm³/mol. The lowest BCUT2D eigenvalue weighted by atomic mass is 10.0. The summed E-state index contributed by atoms with van der Waals surface area (Å²) in [4.78, 5) is 0. The summed E-state index contributed by atoms with van der Waals surface area (Å²) in [5.41, 5.74) is 5.92. The van der Waals surface area contributed by atoms with E-state index in [2.05, 4.69) is 0 Å². The summed E-state index contributed by atoms with van der Waals surface area (Å²) in [6.07, 6.45) is 0.934. The summed E-state index contributed by atoms with van der Waals surface area (Å²) < 4.78 is 0. The van der Waals surface area contributed by atoms with Crippen molar-refractivity contribution in [2.24, 2.45) is 5.73 Å². The van der Waals surface area contributed by atoms with E-state index in [-0.39, 0.29) is 41.8 Å². The molecule has 0 aliphatic heterocycles. The summed E-state index contributed by atoms with van der Waals surface area (Å²) in [5.74, 6) is -0.695. The van der Waals surface area contributed by atoms with E-state index in [1.165, 1.54) is 0 Å². The van der Waals surface area contributed by atoms with Crippen LogP contribution < -0.4 is 5.73 Å². The number of hydrogen-bond donors (Lipinski definition) is 5. The van der Waals surface area contributed by atoms with Gasteiger partial charge in [0.2, 0.25) is 0 Å². The summed E-state index contributed by atoms with van der Waals surface area (Å²) in [7, 11) is 0. The minimum absolute atomic E-state index is 0. The Hall–Kier alpha value is -1.17. The van der Waals surface area contributed by atoms with Gasteiger partial charge in [0.25, 0.3) is 0 Å². The molecule has 0 aliphatic carbocycles. The first-order valence-corrected chi connectivity index (χ1v) is 4.67. The van der Waals surface area contributed by atoms with Crippen molar-refractivity contribution in [1.82, 2.24) is 0 Å². The molecule has 0 saturated heterocycles. The van der Waals surface area contributed by atoms with Crippen molar-refractivity contribution in [3.63, 3.8) is 0 Å². The summed E-state index contributed by atoms with van der Waals surface area (Å²) in [6, 6.07) is 1.68. The smallest absolute Gasteiger partial charge is 0.127 e. The largest absolute Gasteiger partial charge is 0.508 e. The molecule has 1 atom stereocenters. The summed E-state index contributed by atoms with van der Waals surface area (Å²) in [5, 5.41) is 36.7. The number of aromatic hydroxyl groups is 3. The average Bonchev–Trinajstić information content (AvgIpc) is 2.12. The van der Waals surface area contributed by atoms with Crippen molar-refractivity contribution in [3.05, 3.63) is 17.7 Å². The molecule has 0 heterocycles. The van der Waals surface area contributed by atoms with E-state index in [0.29, 0.717) is 12.8 Å². The Morgan fingerprint density at radius 2 is 1.62 bits per heavy atom. The van der Waals surface area contributed by atoms with Crippen LogP contribution in [-0.4, -0.2) is 27.0 Å². The molecule has 0 radical (unpaired) electrons. The molecule has 0 saturated carbocycles. The SMILES string of the molecule is Cl.N[C@H](CCCO)c1c(O)cc(O)cc1O. The third-order valence-electron chi connectivity index (χ3n) is 2.17. The van der Waals surface area contributed by atoms with Crippen molar-refractivity contribution >= 4 is 12.4 Å². The summed E-state index contributed by atoms with van der Waals surface area (Å²) >= 11 is 0. The standard InChI is InChI=1S/C10H15NO4.ClH/c11-7(2-1-3-12)10-8(14)4-6(13)5-9(10)15;/h4-5,7,12-15H,1-3,11H2;1H/t7-;/m1./s1. The van der Waals surface area contributed by atoms with Crippen LogP contribution in [0.25, 0.3) is 0 Å². The zero-order valence-corrected chi connectivity index (χ0v) is 9.44. The van der Waals surface area contributed by atoms with Crippen molar-refractivity contribution in [3.8, 4) is 17.2 Å². The molecule has 6 N–H and O–H groups in total. The van der Waals surface area contributed by atoms with Crippen LogP contribution in [-0.2, 0) is 0 Å². The van der Waals surface area contributed by atoms with Gasteiger partial charge in [-0.25, -0.2) is 0 Å². The molecule has 0 fully saturated rings. The topological polar surface area (TPSA) is 107 Å². The molecule has 1 aromatic carbocycles. The number of phenols is 3. The molecule has 6 heteroatoms. The highest BCUT2D eigenvalue weighted by atomic mass is 35.5. The van der Waals surface area contributed by atoms with Crippen LogP contribution in [0.1, 0.15) is 24.4 Å². The molecule has 0 bridgehead atoms. The van der Waals surface area contributed by atoms with Gasteiger partial charge in [-0.2, -0.15) is 0 Å². The quantitative estimate of drug-likeness (QED) is 0.547. The Morgan fingerprint density at radius 3 is 2.06 bits per heavy atom. The number of aliphatic hydroxyl groups is 1. The lowest BCUT2D eigenvalue weighted by molar-refractivity contribution is 0.278.